The van der Waals surface area contributed by atoms with Gasteiger partial charge in [0.15, 0.2) is 0 Å². The van der Waals surface area contributed by atoms with Gasteiger partial charge in [0.2, 0.25) is 5.91 Å². The average molecular weight is 486 g/mol. The Bertz CT molecular complexity index is 1020. The van der Waals surface area contributed by atoms with Gasteiger partial charge in [-0.3, -0.25) is 19.2 Å². The molecule has 9 heteroatoms. The number of nitrogens with one attached hydrogen (secondary N) is 1. The fraction of sp³-hybridized carbons (Fsp3) is 0.385. The van der Waals surface area contributed by atoms with E-state index in [1.165, 1.54) is 6.92 Å². The predicted octanol–water partition coefficient (Wildman–Crippen LogP) is 3.84. The molecule has 1 unspecified atom stereocenters. The van der Waals surface area contributed by atoms with Crippen LogP contribution in [0, 0.1) is 5.92 Å². The number of hydroxylamine groups is 1. The third kappa shape index (κ3) is 10.4. The maximum absolute atomic E-state index is 12.1. The van der Waals surface area contributed by atoms with E-state index in [1.54, 1.807) is 69.3 Å². The molecule has 0 heterocycles. The molecule has 2 N–H and O–H groups in total. The van der Waals surface area contributed by atoms with Crippen LogP contribution in [-0.4, -0.2) is 34.5 Å². The molecule has 2 rings (SSSR count). The lowest BCUT2D eigenvalue weighted by atomic mass is 9.94. The van der Waals surface area contributed by atoms with Crippen LogP contribution < -0.4 is 10.2 Å². The summed E-state index contributed by atoms with van der Waals surface area (Å²) in [5, 5.41) is 9.55. The number of esters is 2. The molecular formula is C26H31NO8. The highest BCUT2D eigenvalue weighted by atomic mass is 16.6. The van der Waals surface area contributed by atoms with E-state index < -0.39 is 35.3 Å². The maximum Gasteiger partial charge on any atom is 0.338 e. The van der Waals surface area contributed by atoms with E-state index in [4.69, 9.17) is 14.3 Å². The smallest absolute Gasteiger partial charge is 0.338 e. The van der Waals surface area contributed by atoms with Gasteiger partial charge in [-0.1, -0.05) is 24.3 Å². The molecule has 0 bridgehead atoms. The average Bonchev–Trinajstić information content (AvgIpc) is 2.76. The Labute approximate surface area is 204 Å². The maximum atomic E-state index is 12.1. The van der Waals surface area contributed by atoms with Crippen LogP contribution in [0.25, 0.3) is 0 Å². The number of carboxylic acid groups (broad SMARTS) is 1. The quantitative estimate of drug-likeness (QED) is 0.279. The number of aliphatic carboxylic acids is 1. The fourth-order valence-corrected chi connectivity index (χ4v) is 3.09. The Hall–Kier alpha value is -3.72. The van der Waals surface area contributed by atoms with E-state index in [0.29, 0.717) is 11.3 Å². The minimum absolute atomic E-state index is 0.0294. The number of carboxylic acids is 1. The van der Waals surface area contributed by atoms with Crippen LogP contribution in [0.15, 0.2) is 48.5 Å². The summed E-state index contributed by atoms with van der Waals surface area (Å²) in [6, 6.07) is 13.2. The fourth-order valence-electron chi connectivity index (χ4n) is 3.09. The van der Waals surface area contributed by atoms with E-state index in [9.17, 15) is 24.3 Å². The molecule has 0 fully saturated rings. The van der Waals surface area contributed by atoms with Gasteiger partial charge in [-0.2, -0.15) is 0 Å². The number of benzene rings is 2. The number of hydrogen-bond donors (Lipinski definition) is 2. The third-order valence-corrected chi connectivity index (χ3v) is 4.75. The molecule has 2 aromatic rings. The van der Waals surface area contributed by atoms with Crippen molar-refractivity contribution in [1.29, 1.82) is 0 Å². The molecular weight excluding hydrogens is 454 g/mol. The van der Waals surface area contributed by atoms with Crippen LogP contribution in [0.1, 0.15) is 62.0 Å². The van der Waals surface area contributed by atoms with Gasteiger partial charge in [-0.05, 0) is 69.0 Å². The van der Waals surface area contributed by atoms with E-state index in [0.717, 1.165) is 11.1 Å². The summed E-state index contributed by atoms with van der Waals surface area (Å²) in [6.45, 7) is 6.74. The van der Waals surface area contributed by atoms with Crippen molar-refractivity contribution in [3.8, 4) is 5.75 Å². The van der Waals surface area contributed by atoms with Crippen molar-refractivity contribution in [1.82, 2.24) is 5.48 Å². The Kier molecular flexibility index (Phi) is 9.96. The molecule has 1 amide bonds. The zero-order valence-electron chi connectivity index (χ0n) is 20.3. The van der Waals surface area contributed by atoms with E-state index in [1.807, 2.05) is 0 Å². The molecule has 0 aromatic heterocycles. The first-order valence-electron chi connectivity index (χ1n) is 11.2. The monoisotopic (exact) mass is 485 g/mol. The van der Waals surface area contributed by atoms with Crippen molar-refractivity contribution in [3.05, 3.63) is 65.2 Å². The summed E-state index contributed by atoms with van der Waals surface area (Å²) in [5.41, 5.74) is 3.57. The van der Waals surface area contributed by atoms with Crippen LogP contribution in [0.4, 0.5) is 0 Å². The molecule has 35 heavy (non-hydrogen) atoms. The topological polar surface area (TPSA) is 128 Å². The summed E-state index contributed by atoms with van der Waals surface area (Å²) in [7, 11) is 0. The molecule has 0 aliphatic rings. The highest BCUT2D eigenvalue weighted by Crippen LogP contribution is 2.18. The number of hydrogen-bond acceptors (Lipinski definition) is 7. The lowest BCUT2D eigenvalue weighted by molar-refractivity contribution is -0.142. The lowest BCUT2D eigenvalue weighted by Crippen LogP contribution is -2.26. The summed E-state index contributed by atoms with van der Waals surface area (Å²) in [5.74, 6) is -2.68. The van der Waals surface area contributed by atoms with Gasteiger partial charge < -0.3 is 14.6 Å². The Morgan fingerprint density at radius 3 is 2.09 bits per heavy atom. The SMILES string of the molecule is CC(=O)Oc1ccc(CONC(=O)CCC(Cc2ccc(C(=O)OC(C)(C)C)cc2)C(=O)O)cc1. The van der Waals surface area contributed by atoms with Gasteiger partial charge in [0.05, 0.1) is 18.1 Å². The van der Waals surface area contributed by atoms with E-state index in [-0.39, 0.29) is 25.9 Å². The second-order valence-electron chi connectivity index (χ2n) is 9.03. The largest absolute Gasteiger partial charge is 0.481 e. The summed E-state index contributed by atoms with van der Waals surface area (Å²) in [6.07, 6.45) is 0.306. The van der Waals surface area contributed by atoms with Gasteiger partial charge in [0, 0.05) is 13.3 Å². The van der Waals surface area contributed by atoms with Crippen molar-refractivity contribution >= 4 is 23.8 Å². The van der Waals surface area contributed by atoms with Gasteiger partial charge in [0.1, 0.15) is 11.4 Å². The normalized spacial score (nSPS) is 11.9. The van der Waals surface area contributed by atoms with Crippen molar-refractivity contribution in [2.24, 2.45) is 5.92 Å². The van der Waals surface area contributed by atoms with Crippen LogP contribution in [0.3, 0.4) is 0 Å². The van der Waals surface area contributed by atoms with Crippen molar-refractivity contribution in [2.45, 2.75) is 59.2 Å². The number of amides is 1. The summed E-state index contributed by atoms with van der Waals surface area (Å²) in [4.78, 5) is 52.0. The van der Waals surface area contributed by atoms with Crippen LogP contribution >= 0.6 is 0 Å². The first-order valence-corrected chi connectivity index (χ1v) is 11.2. The van der Waals surface area contributed by atoms with Crippen molar-refractivity contribution in [2.75, 3.05) is 0 Å². The highest BCUT2D eigenvalue weighted by Gasteiger charge is 2.21. The summed E-state index contributed by atoms with van der Waals surface area (Å²) < 4.78 is 10.3. The van der Waals surface area contributed by atoms with Gasteiger partial charge in [0.25, 0.3) is 0 Å². The van der Waals surface area contributed by atoms with E-state index >= 15 is 0 Å². The zero-order chi connectivity index (χ0) is 26.0. The van der Waals surface area contributed by atoms with Crippen LogP contribution in [0.2, 0.25) is 0 Å². The minimum Gasteiger partial charge on any atom is -0.481 e. The standard InChI is InChI=1S/C26H31NO8/c1-17(28)34-22-12-7-19(8-13-22)16-33-27-23(29)14-11-21(24(30)31)15-18-5-9-20(10-6-18)25(32)35-26(2,3)4/h5-10,12-13,21H,11,14-16H2,1-4H3,(H,27,29)(H,30,31). The van der Waals surface area contributed by atoms with Crippen LogP contribution in [0.5, 0.6) is 5.75 Å². The molecule has 0 aliphatic carbocycles. The second-order valence-corrected chi connectivity index (χ2v) is 9.03. The highest BCUT2D eigenvalue weighted by molar-refractivity contribution is 5.89. The number of carbonyl (C=O) groups excluding carboxylic acids is 3. The van der Waals surface area contributed by atoms with Crippen LogP contribution in [-0.2, 0) is 37.0 Å². The Morgan fingerprint density at radius 2 is 1.54 bits per heavy atom. The van der Waals surface area contributed by atoms with Gasteiger partial charge >= 0.3 is 17.9 Å². The molecule has 2 aromatic carbocycles. The van der Waals surface area contributed by atoms with Gasteiger partial charge in [-0.15, -0.1) is 0 Å². The first-order chi connectivity index (χ1) is 16.4. The minimum atomic E-state index is -1.01. The molecule has 188 valence electrons. The predicted molar refractivity (Wildman–Crippen MR) is 126 cm³/mol. The molecule has 1 atom stereocenters. The lowest BCUT2D eigenvalue weighted by Gasteiger charge is -2.19. The Balaban J connectivity index is 1.79. The molecule has 0 aliphatic heterocycles. The first kappa shape index (κ1) is 27.5. The second kappa shape index (κ2) is 12.7. The van der Waals surface area contributed by atoms with Gasteiger partial charge in [-0.25, -0.2) is 10.3 Å². The van der Waals surface area contributed by atoms with Crippen molar-refractivity contribution < 1.29 is 38.6 Å². The van der Waals surface area contributed by atoms with Crippen molar-refractivity contribution in [3.63, 3.8) is 0 Å². The molecule has 0 spiro atoms. The number of rotatable bonds is 11. The molecule has 0 saturated carbocycles. The number of ether oxygens (including phenoxy) is 2. The summed E-state index contributed by atoms with van der Waals surface area (Å²) >= 11 is 0. The molecule has 0 saturated heterocycles. The molecule has 0 radical (unpaired) electrons. The van der Waals surface area contributed by atoms with E-state index in [2.05, 4.69) is 5.48 Å². The zero-order valence-corrected chi connectivity index (χ0v) is 20.3. The number of carbonyl (C=O) groups is 4. The Morgan fingerprint density at radius 1 is 0.943 bits per heavy atom. The molecule has 9 nitrogen and oxygen atoms in total. The third-order valence-electron chi connectivity index (χ3n) is 4.75.